The number of rotatable bonds is 3. The van der Waals surface area contributed by atoms with Crippen LogP contribution in [0.4, 0.5) is 4.39 Å². The average Bonchev–Trinajstić information content (AvgIpc) is 2.51. The van der Waals surface area contributed by atoms with Gasteiger partial charge in [0.05, 0.1) is 16.2 Å². The van der Waals surface area contributed by atoms with Crippen molar-refractivity contribution in [1.82, 2.24) is 4.98 Å². The Balaban J connectivity index is 2.13. The van der Waals surface area contributed by atoms with Gasteiger partial charge in [0.15, 0.2) is 11.6 Å². The second-order valence-electron chi connectivity index (χ2n) is 4.49. The van der Waals surface area contributed by atoms with Crippen molar-refractivity contribution < 1.29 is 9.13 Å². The Morgan fingerprint density at radius 2 is 1.90 bits per heavy atom. The minimum atomic E-state index is -0.589. The summed E-state index contributed by atoms with van der Waals surface area (Å²) in [5.41, 5.74) is 7.06. The predicted octanol–water partition coefficient (Wildman–Crippen LogP) is 4.28. The number of para-hydroxylation sites is 1. The van der Waals surface area contributed by atoms with Gasteiger partial charge in [0.25, 0.3) is 0 Å². The van der Waals surface area contributed by atoms with E-state index in [0.29, 0.717) is 11.4 Å². The summed E-state index contributed by atoms with van der Waals surface area (Å²) >= 11 is 5.77. The molecule has 3 aromatic rings. The summed E-state index contributed by atoms with van der Waals surface area (Å²) < 4.78 is 19.7. The van der Waals surface area contributed by atoms with Crippen molar-refractivity contribution >= 4 is 22.5 Å². The first-order valence-electron chi connectivity index (χ1n) is 6.39. The molecule has 2 aromatic carbocycles. The van der Waals surface area contributed by atoms with Crippen LogP contribution in [0.1, 0.15) is 5.69 Å². The molecule has 3 nitrogen and oxygen atoms in total. The number of benzene rings is 2. The molecule has 0 radical (unpaired) electrons. The summed E-state index contributed by atoms with van der Waals surface area (Å²) in [5.74, 6) is -0.0154. The number of pyridine rings is 1. The first-order valence-corrected chi connectivity index (χ1v) is 6.77. The van der Waals surface area contributed by atoms with Crippen LogP contribution in [0.2, 0.25) is 5.02 Å². The fraction of sp³-hybridized carbons (Fsp3) is 0.0625. The molecule has 0 saturated carbocycles. The van der Waals surface area contributed by atoms with Gasteiger partial charge in [0, 0.05) is 18.0 Å². The molecule has 106 valence electrons. The SMILES string of the molecule is NCc1cc(Oc2cccc(Cl)c2F)c2ccccc2n1. The maximum absolute atomic E-state index is 14.0. The van der Waals surface area contributed by atoms with E-state index >= 15 is 0 Å². The molecule has 21 heavy (non-hydrogen) atoms. The normalized spacial score (nSPS) is 10.8. The third-order valence-electron chi connectivity index (χ3n) is 3.08. The Hall–Kier alpha value is -2.17. The highest BCUT2D eigenvalue weighted by Gasteiger charge is 2.12. The molecule has 0 atom stereocenters. The minimum absolute atomic E-state index is 0.0184. The highest BCUT2D eigenvalue weighted by atomic mass is 35.5. The predicted molar refractivity (Wildman–Crippen MR) is 81.1 cm³/mol. The lowest BCUT2D eigenvalue weighted by Crippen LogP contribution is -2.01. The molecule has 0 spiro atoms. The molecule has 2 N–H and O–H groups in total. The molecule has 0 saturated heterocycles. The summed E-state index contributed by atoms with van der Waals surface area (Å²) in [7, 11) is 0. The lowest BCUT2D eigenvalue weighted by atomic mass is 10.2. The fourth-order valence-corrected chi connectivity index (χ4v) is 2.23. The molecule has 5 heteroatoms. The van der Waals surface area contributed by atoms with Crippen LogP contribution in [0.25, 0.3) is 10.9 Å². The van der Waals surface area contributed by atoms with E-state index in [4.69, 9.17) is 22.1 Å². The summed E-state index contributed by atoms with van der Waals surface area (Å²) in [6, 6.07) is 13.8. The quantitative estimate of drug-likeness (QED) is 0.785. The van der Waals surface area contributed by atoms with Crippen LogP contribution in [0, 0.1) is 5.82 Å². The molecule has 0 fully saturated rings. The number of halogens is 2. The van der Waals surface area contributed by atoms with Crippen LogP contribution in [0.15, 0.2) is 48.5 Å². The topological polar surface area (TPSA) is 48.1 Å². The van der Waals surface area contributed by atoms with Crippen LogP contribution in [-0.4, -0.2) is 4.98 Å². The Bertz CT molecular complexity index is 807. The monoisotopic (exact) mass is 302 g/mol. The highest BCUT2D eigenvalue weighted by Crippen LogP contribution is 2.33. The van der Waals surface area contributed by atoms with Gasteiger partial charge < -0.3 is 10.5 Å². The molecule has 0 aliphatic carbocycles. The second-order valence-corrected chi connectivity index (χ2v) is 4.89. The van der Waals surface area contributed by atoms with Crippen molar-refractivity contribution in [1.29, 1.82) is 0 Å². The zero-order chi connectivity index (χ0) is 14.8. The fourth-order valence-electron chi connectivity index (χ4n) is 2.07. The molecule has 0 amide bonds. The third kappa shape index (κ3) is 2.68. The number of hydrogen-bond donors (Lipinski definition) is 1. The van der Waals surface area contributed by atoms with Gasteiger partial charge in [-0.05, 0) is 24.3 Å². The van der Waals surface area contributed by atoms with Crippen LogP contribution >= 0.6 is 11.6 Å². The molecular weight excluding hydrogens is 291 g/mol. The number of nitrogens with zero attached hydrogens (tertiary/aromatic N) is 1. The highest BCUT2D eigenvalue weighted by molar-refractivity contribution is 6.30. The molecule has 3 rings (SSSR count). The van der Waals surface area contributed by atoms with Crippen LogP contribution < -0.4 is 10.5 Å². The van der Waals surface area contributed by atoms with Gasteiger partial charge in [0.1, 0.15) is 5.75 Å². The second kappa shape index (κ2) is 5.68. The Labute approximate surface area is 126 Å². The zero-order valence-corrected chi connectivity index (χ0v) is 11.8. The van der Waals surface area contributed by atoms with Gasteiger partial charge in [-0.3, -0.25) is 4.98 Å². The smallest absolute Gasteiger partial charge is 0.184 e. The maximum Gasteiger partial charge on any atom is 0.184 e. The van der Waals surface area contributed by atoms with Gasteiger partial charge in [-0.2, -0.15) is 0 Å². The number of fused-ring (bicyclic) bond motifs is 1. The van der Waals surface area contributed by atoms with Crippen LogP contribution in [0.3, 0.4) is 0 Å². The lowest BCUT2D eigenvalue weighted by molar-refractivity contribution is 0.446. The van der Waals surface area contributed by atoms with Gasteiger partial charge in [-0.1, -0.05) is 29.8 Å². The van der Waals surface area contributed by atoms with E-state index in [1.807, 2.05) is 24.3 Å². The van der Waals surface area contributed by atoms with Crippen molar-refractivity contribution in [3.8, 4) is 11.5 Å². The van der Waals surface area contributed by atoms with Crippen LogP contribution in [-0.2, 0) is 6.54 Å². The van der Waals surface area contributed by atoms with Gasteiger partial charge in [-0.15, -0.1) is 0 Å². The molecule has 0 unspecified atom stereocenters. The van der Waals surface area contributed by atoms with Gasteiger partial charge in [-0.25, -0.2) is 4.39 Å². The standard InChI is InChI=1S/C16H12ClFN2O/c17-12-5-3-7-14(16(12)18)21-15-8-10(9-19)20-13-6-2-1-4-11(13)15/h1-8H,9,19H2. The van der Waals surface area contributed by atoms with Crippen molar-refractivity contribution in [3.05, 3.63) is 65.1 Å². The first-order chi connectivity index (χ1) is 10.2. The summed E-state index contributed by atoms with van der Waals surface area (Å²) in [6.45, 7) is 0.277. The molecule has 1 heterocycles. The Morgan fingerprint density at radius 3 is 2.71 bits per heavy atom. The third-order valence-corrected chi connectivity index (χ3v) is 3.37. The average molecular weight is 303 g/mol. The first kappa shape index (κ1) is 13.8. The van der Waals surface area contributed by atoms with Gasteiger partial charge in [0.2, 0.25) is 0 Å². The lowest BCUT2D eigenvalue weighted by Gasteiger charge is -2.11. The van der Waals surface area contributed by atoms with Crippen molar-refractivity contribution in [2.75, 3.05) is 0 Å². The molecule has 0 aliphatic heterocycles. The number of aromatic nitrogens is 1. The molecule has 0 aliphatic rings. The van der Waals surface area contributed by atoms with E-state index in [1.165, 1.54) is 12.1 Å². The van der Waals surface area contributed by atoms with E-state index in [1.54, 1.807) is 12.1 Å². The van der Waals surface area contributed by atoms with E-state index in [2.05, 4.69) is 4.98 Å². The minimum Gasteiger partial charge on any atom is -0.453 e. The van der Waals surface area contributed by atoms with E-state index in [9.17, 15) is 4.39 Å². The van der Waals surface area contributed by atoms with Crippen molar-refractivity contribution in [2.45, 2.75) is 6.54 Å². The van der Waals surface area contributed by atoms with Gasteiger partial charge >= 0.3 is 0 Å². The number of nitrogens with two attached hydrogens (primary N) is 1. The van der Waals surface area contributed by atoms with E-state index < -0.39 is 5.82 Å². The summed E-state index contributed by atoms with van der Waals surface area (Å²) in [5, 5.41) is 0.805. The zero-order valence-electron chi connectivity index (χ0n) is 11.0. The maximum atomic E-state index is 14.0. The summed E-state index contributed by atoms with van der Waals surface area (Å²) in [4.78, 5) is 4.41. The largest absolute Gasteiger partial charge is 0.453 e. The van der Waals surface area contributed by atoms with Crippen LogP contribution in [0.5, 0.6) is 11.5 Å². The summed E-state index contributed by atoms with van der Waals surface area (Å²) in [6.07, 6.45) is 0. The number of hydrogen-bond acceptors (Lipinski definition) is 3. The van der Waals surface area contributed by atoms with Crippen molar-refractivity contribution in [2.24, 2.45) is 5.73 Å². The Kier molecular flexibility index (Phi) is 3.73. The van der Waals surface area contributed by atoms with E-state index in [-0.39, 0.29) is 17.3 Å². The molecule has 0 bridgehead atoms. The van der Waals surface area contributed by atoms with Crippen molar-refractivity contribution in [3.63, 3.8) is 0 Å². The molecule has 1 aromatic heterocycles. The Morgan fingerprint density at radius 1 is 1.10 bits per heavy atom. The van der Waals surface area contributed by atoms with E-state index in [0.717, 1.165) is 10.9 Å². The molecular formula is C16H12ClFN2O. The number of ether oxygens (including phenoxy) is 1.